The topological polar surface area (TPSA) is 33.3 Å². The molecular formula is C12H18N2O. The number of ether oxygens (including phenoxy) is 1. The van der Waals surface area contributed by atoms with Crippen LogP contribution in [0.25, 0.3) is 0 Å². The molecule has 0 heterocycles. The lowest BCUT2D eigenvalue weighted by molar-refractivity contribution is 0.415. The molecule has 1 aromatic carbocycles. The van der Waals surface area contributed by atoms with Crippen molar-refractivity contribution in [1.82, 2.24) is 5.32 Å². The third-order valence-corrected chi connectivity index (χ3v) is 2.53. The summed E-state index contributed by atoms with van der Waals surface area (Å²) < 4.78 is 5.15. The molecule has 2 N–H and O–H groups in total. The van der Waals surface area contributed by atoms with Gasteiger partial charge >= 0.3 is 0 Å². The average molecular weight is 206 g/mol. The second kappa shape index (κ2) is 5.03. The maximum absolute atomic E-state index is 5.15. The van der Waals surface area contributed by atoms with Gasteiger partial charge in [-0.25, -0.2) is 0 Å². The van der Waals surface area contributed by atoms with Gasteiger partial charge in [0, 0.05) is 30.9 Å². The van der Waals surface area contributed by atoms with Crippen LogP contribution in [0.15, 0.2) is 24.3 Å². The molecule has 0 amide bonds. The van der Waals surface area contributed by atoms with Crippen LogP contribution in [0.3, 0.4) is 0 Å². The van der Waals surface area contributed by atoms with Gasteiger partial charge in [-0.3, -0.25) is 0 Å². The highest BCUT2D eigenvalue weighted by molar-refractivity contribution is 5.48. The van der Waals surface area contributed by atoms with E-state index in [1.165, 1.54) is 12.8 Å². The summed E-state index contributed by atoms with van der Waals surface area (Å²) in [6, 6.07) is 8.80. The Morgan fingerprint density at radius 2 is 2.20 bits per heavy atom. The van der Waals surface area contributed by atoms with E-state index in [4.69, 9.17) is 4.74 Å². The second-order valence-corrected chi connectivity index (χ2v) is 3.89. The van der Waals surface area contributed by atoms with Gasteiger partial charge in [0.15, 0.2) is 0 Å². The van der Waals surface area contributed by atoms with E-state index < -0.39 is 0 Å². The lowest BCUT2D eigenvalue weighted by Crippen LogP contribution is -2.23. The molecule has 15 heavy (non-hydrogen) atoms. The van der Waals surface area contributed by atoms with Crippen LogP contribution < -0.4 is 15.4 Å². The highest BCUT2D eigenvalue weighted by Crippen LogP contribution is 2.18. The number of rotatable bonds is 6. The van der Waals surface area contributed by atoms with Crippen molar-refractivity contribution in [3.8, 4) is 5.75 Å². The molecule has 0 unspecified atom stereocenters. The van der Waals surface area contributed by atoms with Gasteiger partial charge in [0.25, 0.3) is 0 Å². The van der Waals surface area contributed by atoms with Gasteiger partial charge in [0.1, 0.15) is 5.75 Å². The van der Waals surface area contributed by atoms with E-state index in [1.807, 2.05) is 18.2 Å². The molecule has 2 rings (SSSR count). The first-order valence-corrected chi connectivity index (χ1v) is 5.50. The maximum Gasteiger partial charge on any atom is 0.120 e. The van der Waals surface area contributed by atoms with Crippen LogP contribution in [0.1, 0.15) is 12.8 Å². The Bertz CT molecular complexity index is 310. The Labute approximate surface area is 90.8 Å². The lowest BCUT2D eigenvalue weighted by atomic mass is 10.3. The van der Waals surface area contributed by atoms with E-state index in [2.05, 4.69) is 16.7 Å². The Morgan fingerprint density at radius 1 is 1.33 bits per heavy atom. The van der Waals surface area contributed by atoms with Crippen molar-refractivity contribution in [3.05, 3.63) is 24.3 Å². The van der Waals surface area contributed by atoms with Gasteiger partial charge in [0.2, 0.25) is 0 Å². The number of hydrogen-bond acceptors (Lipinski definition) is 3. The number of anilines is 1. The minimum atomic E-state index is 0.789. The Kier molecular flexibility index (Phi) is 3.45. The molecule has 1 fully saturated rings. The van der Waals surface area contributed by atoms with Crippen molar-refractivity contribution in [2.24, 2.45) is 0 Å². The summed E-state index contributed by atoms with van der Waals surface area (Å²) in [7, 11) is 1.69. The van der Waals surface area contributed by atoms with Gasteiger partial charge in [-0.15, -0.1) is 0 Å². The molecular weight excluding hydrogens is 188 g/mol. The van der Waals surface area contributed by atoms with Crippen molar-refractivity contribution < 1.29 is 4.74 Å². The van der Waals surface area contributed by atoms with E-state index in [1.54, 1.807) is 7.11 Å². The molecule has 0 atom stereocenters. The molecule has 1 saturated carbocycles. The van der Waals surface area contributed by atoms with Crippen LogP contribution in [0.2, 0.25) is 0 Å². The normalized spacial score (nSPS) is 15.0. The number of nitrogens with one attached hydrogen (secondary N) is 2. The molecule has 3 heteroatoms. The summed E-state index contributed by atoms with van der Waals surface area (Å²) >= 11 is 0. The third kappa shape index (κ3) is 3.44. The fourth-order valence-electron chi connectivity index (χ4n) is 1.50. The standard InChI is InChI=1S/C12H18N2O/c1-15-12-4-2-3-11(9-12)14-8-7-13-10-5-6-10/h2-4,9-10,13-14H,5-8H2,1H3. The van der Waals surface area contributed by atoms with E-state index >= 15 is 0 Å². The fourth-order valence-corrected chi connectivity index (χ4v) is 1.50. The SMILES string of the molecule is COc1cccc(NCCNC2CC2)c1. The summed E-state index contributed by atoms with van der Waals surface area (Å²) in [5.41, 5.74) is 1.12. The monoisotopic (exact) mass is 206 g/mol. The smallest absolute Gasteiger partial charge is 0.120 e. The molecule has 1 aliphatic carbocycles. The van der Waals surface area contributed by atoms with Gasteiger partial charge in [-0.2, -0.15) is 0 Å². The van der Waals surface area contributed by atoms with Crippen molar-refractivity contribution in [3.63, 3.8) is 0 Å². The summed E-state index contributed by atoms with van der Waals surface area (Å²) in [6.07, 6.45) is 2.69. The van der Waals surface area contributed by atoms with Crippen molar-refractivity contribution >= 4 is 5.69 Å². The van der Waals surface area contributed by atoms with E-state index in [0.29, 0.717) is 0 Å². The van der Waals surface area contributed by atoms with E-state index in [-0.39, 0.29) is 0 Å². The first-order chi connectivity index (χ1) is 7.38. The summed E-state index contributed by atoms with van der Waals surface area (Å²) in [4.78, 5) is 0. The van der Waals surface area contributed by atoms with Gasteiger partial charge in [-0.1, -0.05) is 6.07 Å². The quantitative estimate of drug-likeness (QED) is 0.697. The highest BCUT2D eigenvalue weighted by Gasteiger charge is 2.19. The van der Waals surface area contributed by atoms with Crippen LogP contribution in [0.4, 0.5) is 5.69 Å². The summed E-state index contributed by atoms with van der Waals surface area (Å²) in [5, 5.41) is 6.82. The van der Waals surface area contributed by atoms with Crippen LogP contribution in [-0.2, 0) is 0 Å². The molecule has 0 radical (unpaired) electrons. The Morgan fingerprint density at radius 3 is 2.93 bits per heavy atom. The van der Waals surface area contributed by atoms with Crippen LogP contribution in [-0.4, -0.2) is 26.2 Å². The number of benzene rings is 1. The molecule has 82 valence electrons. The first-order valence-electron chi connectivity index (χ1n) is 5.50. The molecule has 1 aliphatic rings. The Hall–Kier alpha value is -1.22. The highest BCUT2D eigenvalue weighted by atomic mass is 16.5. The number of hydrogen-bond donors (Lipinski definition) is 2. The van der Waals surface area contributed by atoms with Crippen LogP contribution in [0, 0.1) is 0 Å². The van der Waals surface area contributed by atoms with Gasteiger partial charge in [0.05, 0.1) is 7.11 Å². The largest absolute Gasteiger partial charge is 0.497 e. The molecule has 0 spiro atoms. The van der Waals surface area contributed by atoms with E-state index in [0.717, 1.165) is 30.6 Å². The predicted octanol–water partition coefficient (Wildman–Crippen LogP) is 1.86. The molecule has 1 aromatic rings. The average Bonchev–Trinajstić information content (AvgIpc) is 3.09. The molecule has 0 saturated heterocycles. The second-order valence-electron chi connectivity index (χ2n) is 3.89. The zero-order valence-corrected chi connectivity index (χ0v) is 9.12. The zero-order valence-electron chi connectivity index (χ0n) is 9.12. The minimum absolute atomic E-state index is 0.789. The minimum Gasteiger partial charge on any atom is -0.497 e. The van der Waals surface area contributed by atoms with Crippen molar-refractivity contribution in [1.29, 1.82) is 0 Å². The van der Waals surface area contributed by atoms with Gasteiger partial charge in [-0.05, 0) is 25.0 Å². The van der Waals surface area contributed by atoms with Crippen molar-refractivity contribution in [2.45, 2.75) is 18.9 Å². The number of methoxy groups -OCH3 is 1. The fraction of sp³-hybridized carbons (Fsp3) is 0.500. The van der Waals surface area contributed by atoms with Crippen LogP contribution >= 0.6 is 0 Å². The molecule has 0 aromatic heterocycles. The molecule has 0 bridgehead atoms. The van der Waals surface area contributed by atoms with Crippen molar-refractivity contribution in [2.75, 3.05) is 25.5 Å². The van der Waals surface area contributed by atoms with Gasteiger partial charge < -0.3 is 15.4 Å². The summed E-state index contributed by atoms with van der Waals surface area (Å²) in [5.74, 6) is 0.898. The predicted molar refractivity (Wildman–Crippen MR) is 62.5 cm³/mol. The third-order valence-electron chi connectivity index (χ3n) is 2.53. The first kappa shape index (κ1) is 10.3. The van der Waals surface area contributed by atoms with Crippen LogP contribution in [0.5, 0.6) is 5.75 Å². The van der Waals surface area contributed by atoms with E-state index in [9.17, 15) is 0 Å². The molecule has 3 nitrogen and oxygen atoms in total. The lowest BCUT2D eigenvalue weighted by Gasteiger charge is -2.08. The summed E-state index contributed by atoms with van der Waals surface area (Å²) in [6.45, 7) is 1.99. The zero-order chi connectivity index (χ0) is 10.5. The maximum atomic E-state index is 5.15. The Balaban J connectivity index is 1.71. The molecule has 0 aliphatic heterocycles.